The van der Waals surface area contributed by atoms with Crippen molar-refractivity contribution < 1.29 is 4.79 Å². The van der Waals surface area contributed by atoms with Crippen molar-refractivity contribution in [1.82, 2.24) is 24.4 Å². The number of imidazole rings is 1. The summed E-state index contributed by atoms with van der Waals surface area (Å²) in [5, 5.41) is 3.96. The monoisotopic (exact) mass is 345 g/mol. The minimum absolute atomic E-state index is 0.0843. The summed E-state index contributed by atoms with van der Waals surface area (Å²) in [7, 11) is 1.95. The summed E-state index contributed by atoms with van der Waals surface area (Å²) in [6.45, 7) is 2.36. The highest BCUT2D eigenvalue weighted by molar-refractivity contribution is 6.06. The number of aryl methyl sites for hydroxylation is 2. The van der Waals surface area contributed by atoms with Gasteiger partial charge in [-0.05, 0) is 30.7 Å². The highest BCUT2D eigenvalue weighted by Gasteiger charge is 2.13. The lowest BCUT2D eigenvalue weighted by molar-refractivity contribution is 0.0952. The third-order valence-electron chi connectivity index (χ3n) is 4.48. The third kappa shape index (κ3) is 2.86. The normalized spacial score (nSPS) is 11.0. The van der Waals surface area contributed by atoms with Crippen molar-refractivity contribution in [2.45, 2.75) is 13.5 Å². The Bertz CT molecular complexity index is 1090. The smallest absolute Gasteiger partial charge is 0.253 e. The van der Waals surface area contributed by atoms with Gasteiger partial charge in [0.15, 0.2) is 0 Å². The minimum Gasteiger partial charge on any atom is -0.350 e. The minimum atomic E-state index is -0.0843. The number of hydrogen-bond acceptors (Lipinski definition) is 3. The van der Waals surface area contributed by atoms with E-state index in [4.69, 9.17) is 0 Å². The second-order valence-corrected chi connectivity index (χ2v) is 6.22. The average molecular weight is 345 g/mol. The average Bonchev–Trinajstić information content (AvgIpc) is 3.24. The third-order valence-corrected chi connectivity index (χ3v) is 4.48. The van der Waals surface area contributed by atoms with Crippen molar-refractivity contribution in [3.8, 4) is 5.82 Å². The van der Waals surface area contributed by atoms with Crippen molar-refractivity contribution in [3.63, 3.8) is 0 Å². The Hall–Kier alpha value is -3.41. The lowest BCUT2D eigenvalue weighted by Gasteiger charge is -2.08. The Morgan fingerprint density at radius 1 is 1.15 bits per heavy atom. The van der Waals surface area contributed by atoms with E-state index in [0.717, 1.165) is 28.1 Å². The molecule has 0 unspecified atom stereocenters. The van der Waals surface area contributed by atoms with E-state index in [-0.39, 0.29) is 5.91 Å². The van der Waals surface area contributed by atoms with Crippen LogP contribution in [0.2, 0.25) is 0 Å². The van der Waals surface area contributed by atoms with Gasteiger partial charge in [0.25, 0.3) is 5.91 Å². The molecule has 0 aliphatic carbocycles. The second-order valence-electron chi connectivity index (χ2n) is 6.22. The molecule has 0 atom stereocenters. The molecule has 0 spiro atoms. The van der Waals surface area contributed by atoms with E-state index in [9.17, 15) is 4.79 Å². The van der Waals surface area contributed by atoms with Crippen LogP contribution < -0.4 is 5.32 Å². The first-order valence-corrected chi connectivity index (χ1v) is 8.41. The topological polar surface area (TPSA) is 64.7 Å². The summed E-state index contributed by atoms with van der Waals surface area (Å²) in [6.07, 6.45) is 7.23. The van der Waals surface area contributed by atoms with Gasteiger partial charge in [-0.3, -0.25) is 9.36 Å². The first-order valence-electron chi connectivity index (χ1n) is 8.41. The van der Waals surface area contributed by atoms with Crippen molar-refractivity contribution in [2.75, 3.05) is 0 Å². The van der Waals surface area contributed by atoms with E-state index in [2.05, 4.69) is 15.3 Å². The zero-order valence-corrected chi connectivity index (χ0v) is 14.7. The molecule has 26 heavy (non-hydrogen) atoms. The van der Waals surface area contributed by atoms with Gasteiger partial charge in [0.1, 0.15) is 11.6 Å². The Kier molecular flexibility index (Phi) is 4.01. The Morgan fingerprint density at radius 3 is 2.81 bits per heavy atom. The number of amides is 1. The van der Waals surface area contributed by atoms with Crippen LogP contribution in [0.25, 0.3) is 16.7 Å². The summed E-state index contributed by atoms with van der Waals surface area (Å²) >= 11 is 0. The van der Waals surface area contributed by atoms with Gasteiger partial charge in [-0.15, -0.1) is 0 Å². The van der Waals surface area contributed by atoms with Gasteiger partial charge in [0, 0.05) is 49.3 Å². The summed E-state index contributed by atoms with van der Waals surface area (Å²) in [5.74, 6) is 1.57. The van der Waals surface area contributed by atoms with Crippen molar-refractivity contribution in [3.05, 3.63) is 78.1 Å². The quantitative estimate of drug-likeness (QED) is 0.618. The van der Waals surface area contributed by atoms with E-state index in [1.807, 2.05) is 71.9 Å². The molecule has 4 rings (SSSR count). The molecule has 3 heterocycles. The molecule has 0 aliphatic rings. The van der Waals surface area contributed by atoms with Crippen LogP contribution in [0.1, 0.15) is 21.7 Å². The number of rotatable bonds is 4. The maximum Gasteiger partial charge on any atom is 0.253 e. The molecule has 4 aromatic rings. The Morgan fingerprint density at radius 2 is 2.00 bits per heavy atom. The van der Waals surface area contributed by atoms with Crippen LogP contribution in [0.5, 0.6) is 0 Å². The fourth-order valence-electron chi connectivity index (χ4n) is 3.12. The molecule has 1 aromatic carbocycles. The predicted octanol–water partition coefficient (Wildman–Crippen LogP) is 3.00. The Balaban J connectivity index is 1.54. The molecule has 6 heteroatoms. The highest BCUT2D eigenvalue weighted by Crippen LogP contribution is 2.20. The van der Waals surface area contributed by atoms with Crippen LogP contribution in [-0.4, -0.2) is 25.0 Å². The number of nitrogens with one attached hydrogen (secondary N) is 1. The molecule has 0 fully saturated rings. The SMILES string of the molecule is Cc1nccn1-c1cc(CNC(=O)c2cn(C)c3ccccc23)ccn1. The van der Waals surface area contributed by atoms with E-state index in [1.54, 1.807) is 12.4 Å². The van der Waals surface area contributed by atoms with Crippen molar-refractivity contribution >= 4 is 16.8 Å². The molecule has 0 saturated carbocycles. The number of benzene rings is 1. The molecule has 6 nitrogen and oxygen atoms in total. The molecule has 1 amide bonds. The second kappa shape index (κ2) is 6.48. The van der Waals surface area contributed by atoms with E-state index >= 15 is 0 Å². The highest BCUT2D eigenvalue weighted by atomic mass is 16.1. The largest absolute Gasteiger partial charge is 0.350 e. The number of carbonyl (C=O) groups is 1. The van der Waals surface area contributed by atoms with Gasteiger partial charge in [0.05, 0.1) is 5.56 Å². The van der Waals surface area contributed by atoms with Gasteiger partial charge in [0.2, 0.25) is 0 Å². The molecule has 0 saturated heterocycles. The number of nitrogens with zero attached hydrogens (tertiary/aromatic N) is 4. The summed E-state index contributed by atoms with van der Waals surface area (Å²) < 4.78 is 3.88. The van der Waals surface area contributed by atoms with Gasteiger partial charge in [-0.25, -0.2) is 9.97 Å². The standard InChI is InChI=1S/C20H19N5O/c1-14-21-9-10-25(14)19-11-15(7-8-22-19)12-23-20(26)17-13-24(2)18-6-4-3-5-16(17)18/h3-11,13H,12H2,1-2H3,(H,23,26). The number of para-hydroxylation sites is 1. The Labute approximate surface area is 151 Å². The molecular weight excluding hydrogens is 326 g/mol. The molecule has 3 aromatic heterocycles. The first-order chi connectivity index (χ1) is 12.6. The van der Waals surface area contributed by atoms with Crippen LogP contribution >= 0.6 is 0 Å². The zero-order valence-electron chi connectivity index (χ0n) is 14.7. The number of pyridine rings is 1. The lowest BCUT2D eigenvalue weighted by atomic mass is 10.1. The van der Waals surface area contributed by atoms with Crippen molar-refractivity contribution in [2.24, 2.45) is 7.05 Å². The number of carbonyl (C=O) groups excluding carboxylic acids is 1. The summed E-state index contributed by atoms with van der Waals surface area (Å²) in [6, 6.07) is 11.8. The van der Waals surface area contributed by atoms with Gasteiger partial charge < -0.3 is 9.88 Å². The van der Waals surface area contributed by atoms with Crippen LogP contribution in [0, 0.1) is 6.92 Å². The molecule has 0 bridgehead atoms. The van der Waals surface area contributed by atoms with Crippen LogP contribution in [0.4, 0.5) is 0 Å². The lowest BCUT2D eigenvalue weighted by Crippen LogP contribution is -2.22. The zero-order chi connectivity index (χ0) is 18.1. The number of hydrogen-bond donors (Lipinski definition) is 1. The molecule has 0 radical (unpaired) electrons. The van der Waals surface area contributed by atoms with Crippen LogP contribution in [0.3, 0.4) is 0 Å². The maximum absolute atomic E-state index is 12.7. The predicted molar refractivity (Wildman–Crippen MR) is 100 cm³/mol. The molecular formula is C20H19N5O. The van der Waals surface area contributed by atoms with Crippen LogP contribution in [-0.2, 0) is 13.6 Å². The summed E-state index contributed by atoms with van der Waals surface area (Å²) in [4.78, 5) is 21.3. The van der Waals surface area contributed by atoms with Gasteiger partial charge >= 0.3 is 0 Å². The first kappa shape index (κ1) is 16.1. The molecule has 0 aliphatic heterocycles. The van der Waals surface area contributed by atoms with Gasteiger partial charge in [-0.1, -0.05) is 18.2 Å². The van der Waals surface area contributed by atoms with Crippen molar-refractivity contribution in [1.29, 1.82) is 0 Å². The van der Waals surface area contributed by atoms with Gasteiger partial charge in [-0.2, -0.15) is 0 Å². The summed E-state index contributed by atoms with van der Waals surface area (Å²) in [5.41, 5.74) is 2.71. The van der Waals surface area contributed by atoms with E-state index in [0.29, 0.717) is 12.1 Å². The molecule has 130 valence electrons. The number of fused-ring (bicyclic) bond motifs is 1. The maximum atomic E-state index is 12.7. The number of aromatic nitrogens is 4. The molecule has 1 N–H and O–H groups in total. The van der Waals surface area contributed by atoms with E-state index < -0.39 is 0 Å². The van der Waals surface area contributed by atoms with E-state index in [1.165, 1.54) is 0 Å². The van der Waals surface area contributed by atoms with Crippen LogP contribution in [0.15, 0.2) is 61.2 Å². The fraction of sp³-hybridized carbons (Fsp3) is 0.150. The fourth-order valence-corrected chi connectivity index (χ4v) is 3.12.